The number of phenols is 1. The fourth-order valence-corrected chi connectivity index (χ4v) is 5.30. The van der Waals surface area contributed by atoms with Crippen LogP contribution in [0.4, 0.5) is 0 Å². The molecule has 1 aromatic rings. The molecule has 2 rings (SSSR count). The van der Waals surface area contributed by atoms with Crippen molar-refractivity contribution in [2.24, 2.45) is 0 Å². The first-order valence-electron chi connectivity index (χ1n) is 5.54. The van der Waals surface area contributed by atoms with Gasteiger partial charge in [0.1, 0.15) is 0 Å². The molecule has 1 aromatic carbocycles. The van der Waals surface area contributed by atoms with Crippen LogP contribution >= 0.6 is 0 Å². The summed E-state index contributed by atoms with van der Waals surface area (Å²) in [5.74, 6) is 0.527. The predicted molar refractivity (Wildman–Crippen MR) is 65.5 cm³/mol. The van der Waals surface area contributed by atoms with Gasteiger partial charge in [0.05, 0.1) is 0 Å². The van der Waals surface area contributed by atoms with Gasteiger partial charge < -0.3 is 0 Å². The SMILES string of the molecule is CCC1Cc2c(C)c(O)c(C)c(C)c2[Se]1. The van der Waals surface area contributed by atoms with Crippen molar-refractivity contribution >= 4 is 19.4 Å². The average molecular weight is 269 g/mol. The van der Waals surface area contributed by atoms with Crippen molar-refractivity contribution in [3.8, 4) is 5.75 Å². The predicted octanol–water partition coefficient (Wildman–Crippen LogP) is 2.40. The zero-order chi connectivity index (χ0) is 11.2. The molecule has 0 aromatic heterocycles. The molecule has 1 aliphatic heterocycles. The molecule has 0 fully saturated rings. The van der Waals surface area contributed by atoms with Crippen LogP contribution in [0.3, 0.4) is 0 Å². The van der Waals surface area contributed by atoms with Gasteiger partial charge in [-0.1, -0.05) is 0 Å². The summed E-state index contributed by atoms with van der Waals surface area (Å²) in [7, 11) is 0. The normalized spacial score (nSPS) is 19.3. The van der Waals surface area contributed by atoms with Crippen molar-refractivity contribution in [2.75, 3.05) is 0 Å². The van der Waals surface area contributed by atoms with Gasteiger partial charge in [0.25, 0.3) is 0 Å². The third kappa shape index (κ3) is 1.60. The molecule has 15 heavy (non-hydrogen) atoms. The minimum atomic E-state index is 0.527. The van der Waals surface area contributed by atoms with Crippen molar-refractivity contribution in [2.45, 2.75) is 45.4 Å². The second-order valence-corrected chi connectivity index (χ2v) is 7.13. The quantitative estimate of drug-likeness (QED) is 0.776. The van der Waals surface area contributed by atoms with Gasteiger partial charge in [-0.25, -0.2) is 0 Å². The van der Waals surface area contributed by atoms with Gasteiger partial charge >= 0.3 is 97.9 Å². The Hall–Kier alpha value is -0.461. The number of hydrogen-bond acceptors (Lipinski definition) is 1. The van der Waals surface area contributed by atoms with Crippen LogP contribution < -0.4 is 4.46 Å². The van der Waals surface area contributed by atoms with Crippen LogP contribution in [0, 0.1) is 20.8 Å². The number of phenolic OH excluding ortho intramolecular Hbond substituents is 1. The van der Waals surface area contributed by atoms with Gasteiger partial charge in [-0.2, -0.15) is 0 Å². The van der Waals surface area contributed by atoms with Crippen molar-refractivity contribution in [3.63, 3.8) is 0 Å². The van der Waals surface area contributed by atoms with E-state index in [2.05, 4.69) is 20.8 Å². The standard InChI is InChI=1S/C13H18OSe/c1-5-10-6-11-9(4)12(14)7(2)8(3)13(11)15-10/h10,14H,5-6H2,1-4H3. The van der Waals surface area contributed by atoms with Crippen molar-refractivity contribution < 1.29 is 5.11 Å². The maximum atomic E-state index is 10.0. The molecule has 0 spiro atoms. The van der Waals surface area contributed by atoms with Crippen LogP contribution in [0.5, 0.6) is 5.75 Å². The van der Waals surface area contributed by atoms with Crippen molar-refractivity contribution in [3.05, 3.63) is 22.3 Å². The van der Waals surface area contributed by atoms with Crippen LogP contribution in [0.1, 0.15) is 35.6 Å². The van der Waals surface area contributed by atoms with Gasteiger partial charge in [-0.3, -0.25) is 0 Å². The Morgan fingerprint density at radius 3 is 2.47 bits per heavy atom. The van der Waals surface area contributed by atoms with Crippen LogP contribution in [0.15, 0.2) is 0 Å². The molecular formula is C13H18OSe. The van der Waals surface area contributed by atoms with E-state index in [4.69, 9.17) is 0 Å². The summed E-state index contributed by atoms with van der Waals surface area (Å²) < 4.78 is 1.57. The van der Waals surface area contributed by atoms with Gasteiger partial charge in [0.2, 0.25) is 0 Å². The first kappa shape index (κ1) is 11.0. The maximum absolute atomic E-state index is 10.0. The second kappa shape index (κ2) is 3.84. The van der Waals surface area contributed by atoms with E-state index < -0.39 is 0 Å². The summed E-state index contributed by atoms with van der Waals surface area (Å²) in [6.07, 6.45) is 2.46. The second-order valence-electron chi connectivity index (χ2n) is 4.38. The van der Waals surface area contributed by atoms with E-state index in [1.54, 1.807) is 4.46 Å². The number of fused-ring (bicyclic) bond motifs is 1. The van der Waals surface area contributed by atoms with E-state index >= 15 is 0 Å². The Morgan fingerprint density at radius 2 is 1.87 bits per heavy atom. The van der Waals surface area contributed by atoms with Gasteiger partial charge in [-0.05, 0) is 0 Å². The molecule has 0 saturated heterocycles. The molecular weight excluding hydrogens is 251 g/mol. The zero-order valence-electron chi connectivity index (χ0n) is 9.85. The molecule has 0 saturated carbocycles. The van der Waals surface area contributed by atoms with Gasteiger partial charge in [-0.15, -0.1) is 0 Å². The van der Waals surface area contributed by atoms with Crippen LogP contribution in [0.25, 0.3) is 0 Å². The summed E-state index contributed by atoms with van der Waals surface area (Å²) >= 11 is 0.622. The monoisotopic (exact) mass is 270 g/mol. The van der Waals surface area contributed by atoms with E-state index in [9.17, 15) is 5.11 Å². The Morgan fingerprint density at radius 1 is 1.20 bits per heavy atom. The number of hydrogen-bond donors (Lipinski definition) is 1. The fourth-order valence-electron chi connectivity index (χ4n) is 2.24. The Kier molecular flexibility index (Phi) is 2.83. The molecule has 1 N–H and O–H groups in total. The van der Waals surface area contributed by atoms with Crippen LogP contribution in [0.2, 0.25) is 4.82 Å². The average Bonchev–Trinajstić information content (AvgIpc) is 2.67. The van der Waals surface area contributed by atoms with Gasteiger partial charge in [0.15, 0.2) is 0 Å². The number of benzene rings is 1. The molecule has 0 radical (unpaired) electrons. The van der Waals surface area contributed by atoms with Crippen LogP contribution in [-0.4, -0.2) is 20.1 Å². The third-order valence-electron chi connectivity index (χ3n) is 3.51. The molecule has 0 amide bonds. The van der Waals surface area contributed by atoms with Crippen molar-refractivity contribution in [1.82, 2.24) is 0 Å². The Balaban J connectivity index is 2.59. The fraction of sp³-hybridized carbons (Fsp3) is 0.538. The van der Waals surface area contributed by atoms with E-state index in [0.29, 0.717) is 20.7 Å². The molecule has 1 heterocycles. The van der Waals surface area contributed by atoms with Crippen molar-refractivity contribution in [1.29, 1.82) is 0 Å². The molecule has 2 heteroatoms. The first-order valence-corrected chi connectivity index (χ1v) is 7.39. The number of aromatic hydroxyl groups is 1. The summed E-state index contributed by atoms with van der Waals surface area (Å²) in [4.78, 5) is 0.853. The van der Waals surface area contributed by atoms with Gasteiger partial charge in [0, 0.05) is 0 Å². The Labute approximate surface area is 98.1 Å². The third-order valence-corrected chi connectivity index (χ3v) is 6.91. The minimum absolute atomic E-state index is 0.527. The molecule has 1 nitrogen and oxygen atoms in total. The van der Waals surface area contributed by atoms with E-state index in [1.165, 1.54) is 24.0 Å². The van der Waals surface area contributed by atoms with E-state index in [0.717, 1.165) is 15.9 Å². The topological polar surface area (TPSA) is 20.2 Å². The molecule has 1 unspecified atom stereocenters. The zero-order valence-corrected chi connectivity index (χ0v) is 11.6. The van der Waals surface area contributed by atoms with Crippen LogP contribution in [-0.2, 0) is 6.42 Å². The molecule has 1 atom stereocenters. The summed E-state index contributed by atoms with van der Waals surface area (Å²) in [5, 5.41) is 10.0. The van der Waals surface area contributed by atoms with E-state index in [1.807, 2.05) is 6.92 Å². The van der Waals surface area contributed by atoms with E-state index in [-0.39, 0.29) is 0 Å². The summed E-state index contributed by atoms with van der Waals surface area (Å²) in [6, 6.07) is 0. The molecule has 0 aliphatic carbocycles. The molecule has 82 valence electrons. The Bertz CT molecular complexity index is 373. The summed E-state index contributed by atoms with van der Waals surface area (Å²) in [5.41, 5.74) is 5.00. The number of rotatable bonds is 1. The molecule has 1 aliphatic rings. The first-order chi connectivity index (χ1) is 7.06. The summed E-state index contributed by atoms with van der Waals surface area (Å²) in [6.45, 7) is 8.53. The molecule has 0 bridgehead atoms.